The van der Waals surface area contributed by atoms with Gasteiger partial charge in [-0.25, -0.2) is 4.39 Å². The molecule has 0 spiro atoms. The van der Waals surface area contributed by atoms with Gasteiger partial charge in [-0.1, -0.05) is 0 Å². The molecular weight excluding hydrogens is 109 g/mol. The summed E-state index contributed by atoms with van der Waals surface area (Å²) in [5, 5.41) is 8.82. The van der Waals surface area contributed by atoms with Crippen molar-refractivity contribution in [2.75, 3.05) is 13.6 Å². The van der Waals surface area contributed by atoms with Crippen molar-refractivity contribution in [2.45, 2.75) is 18.8 Å². The van der Waals surface area contributed by atoms with Gasteiger partial charge in [0.1, 0.15) is 12.4 Å². The Labute approximate surface area is 47.9 Å². The molecule has 1 heterocycles. The van der Waals surface area contributed by atoms with Gasteiger partial charge in [0.05, 0.1) is 0 Å². The lowest BCUT2D eigenvalue weighted by atomic mass is 10.3. The molecule has 1 saturated heterocycles. The van der Waals surface area contributed by atoms with Crippen LogP contribution in [0.5, 0.6) is 0 Å². The summed E-state index contributed by atoms with van der Waals surface area (Å²) in [7, 11) is 1.71. The average Bonchev–Trinajstić information content (AvgIpc) is 1.98. The largest absolute Gasteiger partial charge is 0.375 e. The average molecular weight is 119 g/mol. The van der Waals surface area contributed by atoms with E-state index in [1.165, 1.54) is 0 Å². The topological polar surface area (TPSA) is 23.5 Å². The third-order valence-corrected chi connectivity index (χ3v) is 1.53. The second-order valence-corrected chi connectivity index (χ2v) is 2.20. The van der Waals surface area contributed by atoms with Crippen LogP contribution in [0, 0.1) is 0 Å². The molecule has 8 heavy (non-hydrogen) atoms. The summed E-state index contributed by atoms with van der Waals surface area (Å²) < 4.78 is 12.3. The third-order valence-electron chi connectivity index (χ3n) is 1.53. The van der Waals surface area contributed by atoms with E-state index in [2.05, 4.69) is 0 Å². The smallest absolute Gasteiger partial charge is 0.141 e. The van der Waals surface area contributed by atoms with Crippen molar-refractivity contribution in [3.8, 4) is 0 Å². The number of hydrogen-bond donors (Lipinski definition) is 1. The lowest BCUT2D eigenvalue weighted by Crippen LogP contribution is -2.29. The number of aliphatic hydroxyl groups is 1. The Balaban J connectivity index is 2.44. The molecule has 1 fully saturated rings. The molecule has 0 radical (unpaired) electrons. The number of alkyl halides is 1. The lowest BCUT2D eigenvalue weighted by molar-refractivity contribution is 0.0101. The van der Waals surface area contributed by atoms with E-state index < -0.39 is 12.4 Å². The minimum Gasteiger partial charge on any atom is -0.375 e. The Morgan fingerprint density at radius 3 is 2.50 bits per heavy atom. The van der Waals surface area contributed by atoms with Crippen molar-refractivity contribution in [2.24, 2.45) is 0 Å². The second kappa shape index (κ2) is 1.99. The molecule has 0 aromatic carbocycles. The van der Waals surface area contributed by atoms with Crippen molar-refractivity contribution >= 4 is 0 Å². The highest BCUT2D eigenvalue weighted by molar-refractivity contribution is 4.75. The van der Waals surface area contributed by atoms with E-state index in [9.17, 15) is 4.39 Å². The van der Waals surface area contributed by atoms with Gasteiger partial charge in [0.25, 0.3) is 0 Å². The van der Waals surface area contributed by atoms with Crippen LogP contribution >= 0.6 is 0 Å². The van der Waals surface area contributed by atoms with E-state index in [-0.39, 0.29) is 0 Å². The molecule has 1 rings (SSSR count). The molecule has 0 aliphatic carbocycles. The van der Waals surface area contributed by atoms with E-state index in [0.717, 1.165) is 0 Å². The van der Waals surface area contributed by atoms with Crippen LogP contribution in [0.3, 0.4) is 0 Å². The molecule has 1 aliphatic rings. The predicted octanol–water partition coefficient (Wildman–Crippen LogP) is -0.0216. The summed E-state index contributed by atoms with van der Waals surface area (Å²) in [6.45, 7) is 0.669. The van der Waals surface area contributed by atoms with Crippen LogP contribution < -0.4 is 0 Å². The molecule has 2 atom stereocenters. The van der Waals surface area contributed by atoms with E-state index in [1.54, 1.807) is 11.9 Å². The van der Waals surface area contributed by atoms with E-state index in [1.807, 2.05) is 0 Å². The Hall–Kier alpha value is -0.150. The lowest BCUT2D eigenvalue weighted by Gasteiger charge is -2.12. The minimum absolute atomic E-state index is 0.470. The van der Waals surface area contributed by atoms with Crippen LogP contribution in [0.1, 0.15) is 6.42 Å². The van der Waals surface area contributed by atoms with Gasteiger partial charge in [0, 0.05) is 6.54 Å². The van der Waals surface area contributed by atoms with Crippen LogP contribution in [0.4, 0.5) is 4.39 Å². The van der Waals surface area contributed by atoms with E-state index >= 15 is 0 Å². The molecule has 1 N–H and O–H groups in total. The molecule has 0 amide bonds. The maximum Gasteiger partial charge on any atom is 0.141 e. The molecule has 48 valence electrons. The first-order valence-corrected chi connectivity index (χ1v) is 2.74. The first-order chi connectivity index (χ1) is 3.72. The van der Waals surface area contributed by atoms with Gasteiger partial charge in [-0.3, -0.25) is 4.90 Å². The summed E-state index contributed by atoms with van der Waals surface area (Å²) >= 11 is 0. The minimum atomic E-state index is -1.03. The summed E-state index contributed by atoms with van der Waals surface area (Å²) in [5.41, 5.74) is 0. The van der Waals surface area contributed by atoms with Crippen LogP contribution in [0.2, 0.25) is 0 Å². The summed E-state index contributed by atoms with van der Waals surface area (Å²) in [6, 6.07) is 0. The zero-order chi connectivity index (χ0) is 6.15. The number of likely N-dealkylation sites (tertiary alicyclic amines) is 1. The van der Waals surface area contributed by atoms with Gasteiger partial charge < -0.3 is 5.11 Å². The Kier molecular flexibility index (Phi) is 1.49. The fourth-order valence-corrected chi connectivity index (χ4v) is 0.884. The van der Waals surface area contributed by atoms with Gasteiger partial charge in [0.15, 0.2) is 0 Å². The van der Waals surface area contributed by atoms with Crippen LogP contribution in [0.25, 0.3) is 0 Å². The van der Waals surface area contributed by atoms with Gasteiger partial charge in [-0.05, 0) is 13.5 Å². The van der Waals surface area contributed by atoms with Crippen molar-refractivity contribution in [3.05, 3.63) is 0 Å². The summed E-state index contributed by atoms with van der Waals surface area (Å²) in [6.07, 6.45) is -1.41. The van der Waals surface area contributed by atoms with Crippen molar-refractivity contribution in [1.29, 1.82) is 0 Å². The molecule has 0 saturated carbocycles. The Bertz CT molecular complexity index is 78.5. The standard InChI is InChI=1S/C5H10FNO/c1-7-3-2-4(6)5(7)8/h4-5,8H,2-3H2,1H3. The normalized spacial score (nSPS) is 40.9. The highest BCUT2D eigenvalue weighted by Gasteiger charge is 2.28. The van der Waals surface area contributed by atoms with E-state index in [0.29, 0.717) is 13.0 Å². The maximum atomic E-state index is 12.3. The first-order valence-electron chi connectivity index (χ1n) is 2.74. The van der Waals surface area contributed by atoms with Crippen LogP contribution in [-0.4, -0.2) is 36.0 Å². The third kappa shape index (κ3) is 0.833. The Morgan fingerprint density at radius 2 is 2.38 bits per heavy atom. The number of halogens is 1. The molecule has 0 aromatic rings. The molecule has 1 aliphatic heterocycles. The van der Waals surface area contributed by atoms with Gasteiger partial charge >= 0.3 is 0 Å². The number of hydrogen-bond acceptors (Lipinski definition) is 2. The van der Waals surface area contributed by atoms with Crippen LogP contribution in [0.15, 0.2) is 0 Å². The fraction of sp³-hybridized carbons (Fsp3) is 1.00. The number of nitrogens with zero attached hydrogens (tertiary/aromatic N) is 1. The number of aliphatic hydroxyl groups excluding tert-OH is 1. The Morgan fingerprint density at radius 1 is 1.75 bits per heavy atom. The van der Waals surface area contributed by atoms with Crippen molar-refractivity contribution in [1.82, 2.24) is 4.90 Å². The molecule has 0 bridgehead atoms. The molecule has 2 nitrogen and oxygen atoms in total. The molecule has 3 heteroatoms. The summed E-state index contributed by atoms with van der Waals surface area (Å²) in [4.78, 5) is 1.60. The monoisotopic (exact) mass is 119 g/mol. The second-order valence-electron chi connectivity index (χ2n) is 2.20. The SMILES string of the molecule is CN1CCC(F)C1O. The van der Waals surface area contributed by atoms with Crippen molar-refractivity contribution in [3.63, 3.8) is 0 Å². The first kappa shape index (κ1) is 5.98. The van der Waals surface area contributed by atoms with Gasteiger partial charge in [0.2, 0.25) is 0 Å². The van der Waals surface area contributed by atoms with Gasteiger partial charge in [-0.15, -0.1) is 0 Å². The van der Waals surface area contributed by atoms with Crippen molar-refractivity contribution < 1.29 is 9.50 Å². The quantitative estimate of drug-likeness (QED) is 0.484. The maximum absolute atomic E-state index is 12.3. The predicted molar refractivity (Wildman–Crippen MR) is 28.1 cm³/mol. The fourth-order valence-electron chi connectivity index (χ4n) is 0.884. The molecular formula is C5H10FNO. The highest BCUT2D eigenvalue weighted by Crippen LogP contribution is 2.15. The summed E-state index contributed by atoms with van der Waals surface area (Å²) in [5.74, 6) is 0. The van der Waals surface area contributed by atoms with E-state index in [4.69, 9.17) is 5.11 Å². The zero-order valence-corrected chi connectivity index (χ0v) is 4.84. The highest BCUT2D eigenvalue weighted by atomic mass is 19.1. The van der Waals surface area contributed by atoms with Crippen LogP contribution in [-0.2, 0) is 0 Å². The molecule has 2 unspecified atom stereocenters. The zero-order valence-electron chi connectivity index (χ0n) is 4.84. The van der Waals surface area contributed by atoms with Gasteiger partial charge in [-0.2, -0.15) is 0 Å². The number of rotatable bonds is 0. The molecule has 0 aromatic heterocycles.